The minimum absolute atomic E-state index is 0.292. The third-order valence-electron chi connectivity index (χ3n) is 2.19. The molecule has 0 fully saturated rings. The van der Waals surface area contributed by atoms with Crippen molar-refractivity contribution in [3.63, 3.8) is 0 Å². The first-order chi connectivity index (χ1) is 7.70. The average molecular weight is 284 g/mol. The van der Waals surface area contributed by atoms with E-state index in [0.29, 0.717) is 11.4 Å². The molecule has 2 aromatic rings. The van der Waals surface area contributed by atoms with Crippen molar-refractivity contribution >= 4 is 15.9 Å². The predicted octanol–water partition coefficient (Wildman–Crippen LogP) is 3.33. The summed E-state index contributed by atoms with van der Waals surface area (Å²) in [6, 6.07) is 4.47. The zero-order valence-electron chi connectivity index (χ0n) is 8.80. The Morgan fingerprint density at radius 3 is 3.00 bits per heavy atom. The van der Waals surface area contributed by atoms with Crippen molar-refractivity contribution in [1.82, 2.24) is 15.2 Å². The number of H-pyrrole nitrogens is 1. The predicted molar refractivity (Wildman–Crippen MR) is 63.5 cm³/mol. The van der Waals surface area contributed by atoms with E-state index >= 15 is 0 Å². The maximum absolute atomic E-state index is 13.1. The number of rotatable bonds is 3. The molecule has 0 aliphatic heterocycles. The van der Waals surface area contributed by atoms with Crippen LogP contribution in [0, 0.1) is 5.82 Å². The third-order valence-corrected chi connectivity index (χ3v) is 2.88. The van der Waals surface area contributed by atoms with Crippen LogP contribution in [0.15, 0.2) is 22.7 Å². The molecule has 0 aliphatic rings. The molecule has 2 rings (SSSR count). The molecule has 1 aromatic carbocycles. The molecule has 5 heteroatoms. The monoisotopic (exact) mass is 283 g/mol. The van der Waals surface area contributed by atoms with Crippen LogP contribution in [-0.2, 0) is 6.42 Å². The third kappa shape index (κ3) is 2.29. The highest BCUT2D eigenvalue weighted by atomic mass is 79.9. The van der Waals surface area contributed by atoms with Crippen molar-refractivity contribution < 1.29 is 4.39 Å². The number of benzene rings is 1. The molecule has 0 saturated heterocycles. The molecule has 16 heavy (non-hydrogen) atoms. The average Bonchev–Trinajstić information content (AvgIpc) is 2.71. The molecular weight excluding hydrogens is 273 g/mol. The zero-order valence-corrected chi connectivity index (χ0v) is 10.4. The molecule has 3 nitrogen and oxygen atoms in total. The fraction of sp³-hybridized carbons (Fsp3) is 0.273. The van der Waals surface area contributed by atoms with Crippen LogP contribution in [0.4, 0.5) is 4.39 Å². The second-order valence-corrected chi connectivity index (χ2v) is 4.33. The number of aryl methyl sites for hydroxylation is 1. The van der Waals surface area contributed by atoms with E-state index in [9.17, 15) is 4.39 Å². The molecule has 84 valence electrons. The van der Waals surface area contributed by atoms with Crippen LogP contribution in [0.3, 0.4) is 0 Å². The number of halogens is 2. The summed E-state index contributed by atoms with van der Waals surface area (Å²) in [5, 5.41) is 6.92. The van der Waals surface area contributed by atoms with Gasteiger partial charge in [0.1, 0.15) is 11.6 Å². The molecule has 0 saturated carbocycles. The summed E-state index contributed by atoms with van der Waals surface area (Å²) in [5.74, 6) is 1.06. The van der Waals surface area contributed by atoms with E-state index in [1.165, 1.54) is 12.1 Å². The minimum Gasteiger partial charge on any atom is -0.263 e. The summed E-state index contributed by atoms with van der Waals surface area (Å²) < 4.78 is 13.9. The van der Waals surface area contributed by atoms with Gasteiger partial charge in [0.2, 0.25) is 0 Å². The number of hydrogen-bond donors (Lipinski definition) is 1. The van der Waals surface area contributed by atoms with Crippen LogP contribution in [-0.4, -0.2) is 15.2 Å². The maximum atomic E-state index is 13.1. The van der Waals surface area contributed by atoms with Gasteiger partial charge in [-0.15, -0.1) is 0 Å². The molecule has 0 unspecified atom stereocenters. The Labute approximate surface area is 101 Å². The van der Waals surface area contributed by atoms with Crippen molar-refractivity contribution in [2.45, 2.75) is 19.8 Å². The van der Waals surface area contributed by atoms with Gasteiger partial charge in [0.25, 0.3) is 0 Å². The number of hydrogen-bond acceptors (Lipinski definition) is 2. The van der Waals surface area contributed by atoms with Gasteiger partial charge in [0, 0.05) is 16.5 Å². The lowest BCUT2D eigenvalue weighted by Gasteiger charge is -1.98. The van der Waals surface area contributed by atoms with Gasteiger partial charge in [0.15, 0.2) is 5.82 Å². The Morgan fingerprint density at radius 1 is 1.44 bits per heavy atom. The molecule has 1 aromatic heterocycles. The number of nitrogens with zero attached hydrogens (tertiary/aromatic N) is 2. The van der Waals surface area contributed by atoms with E-state index in [1.54, 1.807) is 6.07 Å². The second-order valence-electron chi connectivity index (χ2n) is 3.48. The first-order valence-electron chi connectivity index (χ1n) is 5.07. The summed E-state index contributed by atoms with van der Waals surface area (Å²) in [4.78, 5) is 4.31. The summed E-state index contributed by atoms with van der Waals surface area (Å²) in [7, 11) is 0. The fourth-order valence-electron chi connectivity index (χ4n) is 1.43. The van der Waals surface area contributed by atoms with Gasteiger partial charge >= 0.3 is 0 Å². The lowest BCUT2D eigenvalue weighted by atomic mass is 10.2. The van der Waals surface area contributed by atoms with E-state index in [1.807, 2.05) is 0 Å². The highest BCUT2D eigenvalue weighted by molar-refractivity contribution is 9.10. The first-order valence-corrected chi connectivity index (χ1v) is 5.86. The lowest BCUT2D eigenvalue weighted by molar-refractivity contribution is 0.628. The first kappa shape index (κ1) is 11.3. The molecule has 0 bridgehead atoms. The van der Waals surface area contributed by atoms with Crippen molar-refractivity contribution in [3.05, 3.63) is 34.3 Å². The molecule has 0 radical (unpaired) electrons. The van der Waals surface area contributed by atoms with Gasteiger partial charge in [-0.1, -0.05) is 22.9 Å². The van der Waals surface area contributed by atoms with Crippen LogP contribution >= 0.6 is 15.9 Å². The van der Waals surface area contributed by atoms with Crippen molar-refractivity contribution in [1.29, 1.82) is 0 Å². The zero-order chi connectivity index (χ0) is 11.5. The van der Waals surface area contributed by atoms with Gasteiger partial charge in [-0.05, 0) is 24.6 Å². The fourth-order valence-corrected chi connectivity index (χ4v) is 1.86. The van der Waals surface area contributed by atoms with Gasteiger partial charge in [-0.25, -0.2) is 9.37 Å². The molecule has 0 atom stereocenters. The number of aromatic nitrogens is 3. The van der Waals surface area contributed by atoms with Gasteiger partial charge < -0.3 is 0 Å². The highest BCUT2D eigenvalue weighted by Gasteiger charge is 2.10. The van der Waals surface area contributed by atoms with Crippen molar-refractivity contribution in [3.8, 4) is 11.4 Å². The summed E-state index contributed by atoms with van der Waals surface area (Å²) >= 11 is 3.35. The van der Waals surface area contributed by atoms with Crippen molar-refractivity contribution in [2.24, 2.45) is 0 Å². The maximum Gasteiger partial charge on any atom is 0.182 e. The van der Waals surface area contributed by atoms with E-state index in [-0.39, 0.29) is 5.82 Å². The normalized spacial score (nSPS) is 10.7. The Balaban J connectivity index is 2.38. The lowest BCUT2D eigenvalue weighted by Crippen LogP contribution is -1.86. The summed E-state index contributed by atoms with van der Waals surface area (Å²) in [6.07, 6.45) is 1.85. The Hall–Kier alpha value is -1.23. The van der Waals surface area contributed by atoms with E-state index in [0.717, 1.165) is 23.1 Å². The quantitative estimate of drug-likeness (QED) is 0.939. The number of nitrogens with one attached hydrogen (secondary N) is 1. The van der Waals surface area contributed by atoms with E-state index in [2.05, 4.69) is 38.0 Å². The minimum atomic E-state index is -0.292. The molecule has 0 spiro atoms. The SMILES string of the molecule is CCCc1nc(-c2cc(F)ccc2Br)n[nH]1. The van der Waals surface area contributed by atoms with Crippen LogP contribution in [0.25, 0.3) is 11.4 Å². The molecule has 1 N–H and O–H groups in total. The van der Waals surface area contributed by atoms with Crippen molar-refractivity contribution in [2.75, 3.05) is 0 Å². The smallest absolute Gasteiger partial charge is 0.182 e. The van der Waals surface area contributed by atoms with Crippen LogP contribution < -0.4 is 0 Å². The highest BCUT2D eigenvalue weighted by Crippen LogP contribution is 2.26. The Kier molecular flexibility index (Phi) is 3.33. The second kappa shape index (κ2) is 4.74. The van der Waals surface area contributed by atoms with Gasteiger partial charge in [-0.2, -0.15) is 5.10 Å². The molecule has 1 heterocycles. The standard InChI is InChI=1S/C11H11BrFN3/c1-2-3-10-14-11(16-15-10)8-6-7(13)4-5-9(8)12/h4-6H,2-3H2,1H3,(H,14,15,16). The summed E-state index contributed by atoms with van der Waals surface area (Å²) in [5.41, 5.74) is 0.665. The molecular formula is C11H11BrFN3. The van der Waals surface area contributed by atoms with E-state index < -0.39 is 0 Å². The van der Waals surface area contributed by atoms with Gasteiger partial charge in [0.05, 0.1) is 0 Å². The van der Waals surface area contributed by atoms with Gasteiger partial charge in [-0.3, -0.25) is 5.10 Å². The molecule has 0 amide bonds. The largest absolute Gasteiger partial charge is 0.263 e. The van der Waals surface area contributed by atoms with Crippen LogP contribution in [0.2, 0.25) is 0 Å². The number of aromatic amines is 1. The topological polar surface area (TPSA) is 41.6 Å². The van der Waals surface area contributed by atoms with Crippen LogP contribution in [0.5, 0.6) is 0 Å². The summed E-state index contributed by atoms with van der Waals surface area (Å²) in [6.45, 7) is 2.07. The van der Waals surface area contributed by atoms with E-state index in [4.69, 9.17) is 0 Å². The Bertz CT molecular complexity index is 496. The molecule has 0 aliphatic carbocycles. The Morgan fingerprint density at radius 2 is 2.25 bits per heavy atom. The van der Waals surface area contributed by atoms with Crippen LogP contribution in [0.1, 0.15) is 19.2 Å².